The molecule has 0 spiro atoms. The number of methoxy groups -OCH3 is 1. The maximum atomic E-state index is 6.01. The SMILES string of the molecule is COc1nc2c(cc1Cl)CCNCC2. The zero-order valence-corrected chi connectivity index (χ0v) is 8.90. The molecule has 0 unspecified atom stereocenters. The molecule has 0 aliphatic carbocycles. The number of hydrogen-bond donors (Lipinski definition) is 1. The molecule has 1 aliphatic heterocycles. The van der Waals surface area contributed by atoms with E-state index in [1.54, 1.807) is 7.11 Å². The van der Waals surface area contributed by atoms with Crippen molar-refractivity contribution in [3.63, 3.8) is 0 Å². The highest BCUT2D eigenvalue weighted by atomic mass is 35.5. The van der Waals surface area contributed by atoms with Gasteiger partial charge in [0, 0.05) is 18.7 Å². The van der Waals surface area contributed by atoms with Gasteiger partial charge in [-0.25, -0.2) is 4.98 Å². The number of halogens is 1. The van der Waals surface area contributed by atoms with Crippen molar-refractivity contribution in [2.24, 2.45) is 0 Å². The van der Waals surface area contributed by atoms with Crippen LogP contribution in [0.3, 0.4) is 0 Å². The maximum Gasteiger partial charge on any atom is 0.232 e. The van der Waals surface area contributed by atoms with Gasteiger partial charge in [-0.1, -0.05) is 11.6 Å². The number of nitrogens with zero attached hydrogens (tertiary/aromatic N) is 1. The Hall–Kier alpha value is -0.800. The molecule has 0 saturated carbocycles. The number of hydrogen-bond acceptors (Lipinski definition) is 3. The van der Waals surface area contributed by atoms with Gasteiger partial charge in [0.05, 0.1) is 7.11 Å². The van der Waals surface area contributed by atoms with Crippen LogP contribution in [0.2, 0.25) is 5.02 Å². The van der Waals surface area contributed by atoms with Crippen LogP contribution in [0.1, 0.15) is 11.3 Å². The number of fused-ring (bicyclic) bond motifs is 1. The summed E-state index contributed by atoms with van der Waals surface area (Å²) in [5, 5.41) is 3.93. The summed E-state index contributed by atoms with van der Waals surface area (Å²) in [6.45, 7) is 1.97. The zero-order chi connectivity index (χ0) is 9.97. The van der Waals surface area contributed by atoms with E-state index in [9.17, 15) is 0 Å². The number of ether oxygens (including phenoxy) is 1. The second kappa shape index (κ2) is 4.15. The van der Waals surface area contributed by atoms with Gasteiger partial charge >= 0.3 is 0 Å². The van der Waals surface area contributed by atoms with Crippen LogP contribution >= 0.6 is 11.6 Å². The van der Waals surface area contributed by atoms with Gasteiger partial charge in [0.1, 0.15) is 5.02 Å². The van der Waals surface area contributed by atoms with Crippen LogP contribution in [0.5, 0.6) is 5.88 Å². The van der Waals surface area contributed by atoms with Gasteiger partial charge in [-0.2, -0.15) is 0 Å². The third kappa shape index (κ3) is 1.83. The van der Waals surface area contributed by atoms with E-state index in [-0.39, 0.29) is 0 Å². The summed E-state index contributed by atoms with van der Waals surface area (Å²) >= 11 is 6.01. The smallest absolute Gasteiger partial charge is 0.232 e. The number of aromatic nitrogens is 1. The summed E-state index contributed by atoms with van der Waals surface area (Å²) in [7, 11) is 1.59. The van der Waals surface area contributed by atoms with Crippen LogP contribution in [-0.2, 0) is 12.8 Å². The molecule has 2 heterocycles. The fourth-order valence-corrected chi connectivity index (χ4v) is 1.93. The summed E-state index contributed by atoms with van der Waals surface area (Å²) in [5.41, 5.74) is 2.34. The highest BCUT2D eigenvalue weighted by molar-refractivity contribution is 6.31. The summed E-state index contributed by atoms with van der Waals surface area (Å²) in [6.07, 6.45) is 1.94. The number of rotatable bonds is 1. The molecule has 3 nitrogen and oxygen atoms in total. The summed E-state index contributed by atoms with van der Waals surface area (Å²) in [4.78, 5) is 4.40. The Morgan fingerprint density at radius 3 is 3.00 bits per heavy atom. The van der Waals surface area contributed by atoms with Gasteiger partial charge in [0.15, 0.2) is 0 Å². The summed E-state index contributed by atoms with van der Waals surface area (Å²) in [6, 6.07) is 1.97. The van der Waals surface area contributed by atoms with E-state index in [1.807, 2.05) is 6.07 Å². The fraction of sp³-hybridized carbons (Fsp3) is 0.500. The van der Waals surface area contributed by atoms with Crippen molar-refractivity contribution in [3.8, 4) is 5.88 Å². The molecule has 0 amide bonds. The van der Waals surface area contributed by atoms with Crippen LogP contribution in [0.15, 0.2) is 6.07 Å². The monoisotopic (exact) mass is 212 g/mol. The van der Waals surface area contributed by atoms with Gasteiger partial charge in [-0.05, 0) is 24.6 Å². The van der Waals surface area contributed by atoms with E-state index in [0.29, 0.717) is 10.9 Å². The molecule has 0 atom stereocenters. The second-order valence-corrected chi connectivity index (χ2v) is 3.74. The van der Waals surface area contributed by atoms with E-state index in [4.69, 9.17) is 16.3 Å². The second-order valence-electron chi connectivity index (χ2n) is 3.34. The van der Waals surface area contributed by atoms with E-state index in [0.717, 1.165) is 31.6 Å². The molecule has 76 valence electrons. The predicted octanol–water partition coefficient (Wildman–Crippen LogP) is 1.43. The molecule has 0 aromatic carbocycles. The van der Waals surface area contributed by atoms with Crippen LogP contribution in [0.4, 0.5) is 0 Å². The Balaban J connectivity index is 2.41. The molecule has 14 heavy (non-hydrogen) atoms. The molecular formula is C10H13ClN2O. The Bertz CT molecular complexity index is 341. The molecule has 0 bridgehead atoms. The highest BCUT2D eigenvalue weighted by Crippen LogP contribution is 2.25. The lowest BCUT2D eigenvalue weighted by molar-refractivity contribution is 0.396. The van der Waals surface area contributed by atoms with Crippen molar-refractivity contribution in [2.45, 2.75) is 12.8 Å². The third-order valence-electron chi connectivity index (χ3n) is 2.42. The Morgan fingerprint density at radius 2 is 2.21 bits per heavy atom. The van der Waals surface area contributed by atoms with Gasteiger partial charge in [-0.3, -0.25) is 0 Å². The van der Waals surface area contributed by atoms with Crippen molar-refractivity contribution in [2.75, 3.05) is 20.2 Å². The topological polar surface area (TPSA) is 34.1 Å². The van der Waals surface area contributed by atoms with Gasteiger partial charge in [0.25, 0.3) is 0 Å². The quantitative estimate of drug-likeness (QED) is 0.765. The first-order valence-electron chi connectivity index (χ1n) is 4.74. The molecule has 1 aromatic rings. The zero-order valence-electron chi connectivity index (χ0n) is 8.14. The first-order valence-corrected chi connectivity index (χ1v) is 5.12. The fourth-order valence-electron chi connectivity index (χ4n) is 1.68. The van der Waals surface area contributed by atoms with Crippen molar-refractivity contribution in [1.82, 2.24) is 10.3 Å². The normalized spacial score (nSPS) is 15.9. The molecule has 1 aromatic heterocycles. The molecule has 1 aliphatic rings. The summed E-state index contributed by atoms with van der Waals surface area (Å²) < 4.78 is 5.09. The Morgan fingerprint density at radius 1 is 1.43 bits per heavy atom. The molecule has 4 heteroatoms. The number of pyridine rings is 1. The largest absolute Gasteiger partial charge is 0.480 e. The first-order chi connectivity index (χ1) is 6.81. The minimum absolute atomic E-state index is 0.535. The molecule has 1 N–H and O–H groups in total. The predicted molar refractivity (Wildman–Crippen MR) is 56.1 cm³/mol. The third-order valence-corrected chi connectivity index (χ3v) is 2.69. The van der Waals surface area contributed by atoms with Crippen LogP contribution in [0.25, 0.3) is 0 Å². The van der Waals surface area contributed by atoms with E-state index in [2.05, 4.69) is 10.3 Å². The minimum atomic E-state index is 0.535. The van der Waals surface area contributed by atoms with Gasteiger partial charge in [-0.15, -0.1) is 0 Å². The Labute approximate surface area is 88.4 Å². The summed E-state index contributed by atoms with van der Waals surface area (Å²) in [5.74, 6) is 0.535. The molecule has 0 radical (unpaired) electrons. The highest BCUT2D eigenvalue weighted by Gasteiger charge is 2.12. The van der Waals surface area contributed by atoms with E-state index < -0.39 is 0 Å². The first kappa shape index (κ1) is 9.74. The maximum absolute atomic E-state index is 6.01. The van der Waals surface area contributed by atoms with Crippen molar-refractivity contribution in [1.29, 1.82) is 0 Å². The van der Waals surface area contributed by atoms with Crippen molar-refractivity contribution in [3.05, 3.63) is 22.3 Å². The molecule has 0 fully saturated rings. The van der Waals surface area contributed by atoms with Crippen LogP contribution in [-0.4, -0.2) is 25.2 Å². The molecule has 2 rings (SSSR count). The average Bonchev–Trinajstić information content (AvgIpc) is 2.41. The van der Waals surface area contributed by atoms with E-state index in [1.165, 1.54) is 5.56 Å². The lowest BCUT2D eigenvalue weighted by Crippen LogP contribution is -2.16. The van der Waals surface area contributed by atoms with Crippen LogP contribution in [0, 0.1) is 0 Å². The van der Waals surface area contributed by atoms with Gasteiger partial charge in [0.2, 0.25) is 5.88 Å². The van der Waals surface area contributed by atoms with Gasteiger partial charge < -0.3 is 10.1 Å². The Kier molecular flexibility index (Phi) is 2.89. The molecular weight excluding hydrogens is 200 g/mol. The van der Waals surface area contributed by atoms with Crippen molar-refractivity contribution < 1.29 is 4.74 Å². The lowest BCUT2D eigenvalue weighted by Gasteiger charge is -2.08. The lowest BCUT2D eigenvalue weighted by atomic mass is 10.1. The average molecular weight is 213 g/mol. The molecule has 0 saturated heterocycles. The van der Waals surface area contributed by atoms with Crippen molar-refractivity contribution >= 4 is 11.6 Å². The number of nitrogens with one attached hydrogen (secondary N) is 1. The van der Waals surface area contributed by atoms with Crippen LogP contribution < -0.4 is 10.1 Å². The minimum Gasteiger partial charge on any atom is -0.480 e. The standard InChI is InChI=1S/C10H13ClN2O/c1-14-10-8(11)6-7-2-4-12-5-3-9(7)13-10/h6,12H,2-5H2,1H3. The van der Waals surface area contributed by atoms with E-state index >= 15 is 0 Å².